The van der Waals surface area contributed by atoms with E-state index < -0.39 is 12.1 Å². The molecular weight excluding hydrogens is 382 g/mol. The molecule has 0 unspecified atom stereocenters. The molecule has 30 heavy (non-hydrogen) atoms. The van der Waals surface area contributed by atoms with E-state index in [2.05, 4.69) is 4.98 Å². The van der Waals surface area contributed by atoms with Crippen LogP contribution in [0.5, 0.6) is 5.75 Å². The van der Waals surface area contributed by atoms with Crippen LogP contribution >= 0.6 is 0 Å². The first-order valence-electron chi connectivity index (χ1n) is 10.4. The Morgan fingerprint density at radius 3 is 2.40 bits per heavy atom. The van der Waals surface area contributed by atoms with E-state index in [1.807, 2.05) is 46.2 Å². The summed E-state index contributed by atoms with van der Waals surface area (Å²) in [7, 11) is 1.62. The third-order valence-corrected chi connectivity index (χ3v) is 6.27. The van der Waals surface area contributed by atoms with Crippen molar-refractivity contribution in [3.8, 4) is 5.75 Å². The molecule has 7 heteroatoms. The third kappa shape index (κ3) is 3.43. The van der Waals surface area contributed by atoms with Gasteiger partial charge in [-0.05, 0) is 48.2 Å². The van der Waals surface area contributed by atoms with Gasteiger partial charge in [-0.1, -0.05) is 12.1 Å². The number of pyridine rings is 1. The number of morpholine rings is 1. The zero-order valence-corrected chi connectivity index (χ0v) is 16.9. The van der Waals surface area contributed by atoms with E-state index in [0.29, 0.717) is 19.0 Å². The van der Waals surface area contributed by atoms with Gasteiger partial charge in [0.1, 0.15) is 12.4 Å². The van der Waals surface area contributed by atoms with Gasteiger partial charge in [0.25, 0.3) is 5.91 Å². The topological polar surface area (TPSA) is 72.0 Å². The molecule has 5 rings (SSSR count). The van der Waals surface area contributed by atoms with Gasteiger partial charge in [0.2, 0.25) is 5.91 Å². The van der Waals surface area contributed by atoms with Crippen molar-refractivity contribution in [1.29, 1.82) is 0 Å². The van der Waals surface area contributed by atoms with Crippen LogP contribution in [0, 0.1) is 0 Å². The van der Waals surface area contributed by atoms with Gasteiger partial charge >= 0.3 is 0 Å². The molecule has 3 heterocycles. The SMILES string of the molecule is COc1ccc([C@@H]2[C@@H](C(=O)N3CC(c4ccncc4)C3)OCC(=O)N2C2CC2)cc1. The summed E-state index contributed by atoms with van der Waals surface area (Å²) in [6.45, 7) is 1.28. The second-order valence-corrected chi connectivity index (χ2v) is 8.20. The highest BCUT2D eigenvalue weighted by molar-refractivity contribution is 5.87. The summed E-state index contributed by atoms with van der Waals surface area (Å²) in [6, 6.07) is 11.4. The zero-order valence-electron chi connectivity index (χ0n) is 16.9. The van der Waals surface area contributed by atoms with Crippen molar-refractivity contribution in [3.63, 3.8) is 0 Å². The number of hydrogen-bond donors (Lipinski definition) is 0. The molecule has 2 saturated heterocycles. The number of ether oxygens (including phenoxy) is 2. The Morgan fingerprint density at radius 1 is 1.07 bits per heavy atom. The van der Waals surface area contributed by atoms with E-state index in [1.54, 1.807) is 19.5 Å². The summed E-state index contributed by atoms with van der Waals surface area (Å²) in [6.07, 6.45) is 4.83. The smallest absolute Gasteiger partial charge is 0.254 e. The van der Waals surface area contributed by atoms with Crippen LogP contribution in [-0.4, -0.2) is 65.6 Å². The predicted octanol–water partition coefficient (Wildman–Crippen LogP) is 2.15. The molecule has 3 aliphatic rings. The molecule has 7 nitrogen and oxygen atoms in total. The van der Waals surface area contributed by atoms with E-state index >= 15 is 0 Å². The fourth-order valence-corrected chi connectivity index (χ4v) is 4.44. The largest absolute Gasteiger partial charge is 0.497 e. The lowest BCUT2D eigenvalue weighted by Crippen LogP contribution is -2.59. The average molecular weight is 407 g/mol. The van der Waals surface area contributed by atoms with Crippen LogP contribution in [-0.2, 0) is 14.3 Å². The first-order chi connectivity index (χ1) is 14.7. The van der Waals surface area contributed by atoms with Crippen molar-refractivity contribution < 1.29 is 19.1 Å². The molecule has 0 radical (unpaired) electrons. The summed E-state index contributed by atoms with van der Waals surface area (Å²) >= 11 is 0. The van der Waals surface area contributed by atoms with Crippen LogP contribution < -0.4 is 4.74 Å². The molecular formula is C23H25N3O4. The Bertz CT molecular complexity index is 923. The molecule has 1 aromatic heterocycles. The number of methoxy groups -OCH3 is 1. The summed E-state index contributed by atoms with van der Waals surface area (Å²) in [5.74, 6) is 0.978. The lowest BCUT2D eigenvalue weighted by Gasteiger charge is -2.46. The monoisotopic (exact) mass is 407 g/mol. The molecule has 156 valence electrons. The van der Waals surface area contributed by atoms with Crippen LogP contribution in [0.15, 0.2) is 48.8 Å². The van der Waals surface area contributed by atoms with Crippen LogP contribution in [0.2, 0.25) is 0 Å². The fraction of sp³-hybridized carbons (Fsp3) is 0.435. The van der Waals surface area contributed by atoms with E-state index in [9.17, 15) is 9.59 Å². The molecule has 1 saturated carbocycles. The van der Waals surface area contributed by atoms with Gasteiger partial charge in [0, 0.05) is 37.4 Å². The van der Waals surface area contributed by atoms with Crippen molar-refractivity contribution >= 4 is 11.8 Å². The Hall–Kier alpha value is -2.93. The maximum atomic E-state index is 13.4. The highest BCUT2D eigenvalue weighted by Gasteiger charge is 2.49. The minimum atomic E-state index is -0.685. The second kappa shape index (κ2) is 7.72. The van der Waals surface area contributed by atoms with Gasteiger partial charge in [-0.2, -0.15) is 0 Å². The van der Waals surface area contributed by atoms with Crippen LogP contribution in [0.25, 0.3) is 0 Å². The minimum Gasteiger partial charge on any atom is -0.497 e. The number of nitrogens with zero attached hydrogens (tertiary/aromatic N) is 3. The van der Waals surface area contributed by atoms with E-state index in [-0.39, 0.29) is 24.5 Å². The Kier molecular flexibility index (Phi) is 4.90. The van der Waals surface area contributed by atoms with Crippen molar-refractivity contribution in [2.75, 3.05) is 26.8 Å². The molecule has 1 aromatic carbocycles. The van der Waals surface area contributed by atoms with Crippen LogP contribution in [0.1, 0.15) is 35.9 Å². The number of hydrogen-bond acceptors (Lipinski definition) is 5. The number of likely N-dealkylation sites (tertiary alicyclic amines) is 1. The fourth-order valence-electron chi connectivity index (χ4n) is 4.44. The van der Waals surface area contributed by atoms with Gasteiger partial charge in [-0.15, -0.1) is 0 Å². The number of carbonyl (C=O) groups is 2. The quantitative estimate of drug-likeness (QED) is 0.760. The van der Waals surface area contributed by atoms with Crippen molar-refractivity contribution in [2.24, 2.45) is 0 Å². The molecule has 2 aromatic rings. The molecule has 2 amide bonds. The Labute approximate surface area is 175 Å². The number of rotatable bonds is 5. The summed E-state index contributed by atoms with van der Waals surface area (Å²) in [5.41, 5.74) is 2.10. The van der Waals surface area contributed by atoms with Gasteiger partial charge in [0.05, 0.1) is 13.2 Å². The van der Waals surface area contributed by atoms with E-state index in [1.165, 1.54) is 5.56 Å². The molecule has 2 atom stereocenters. The third-order valence-electron chi connectivity index (χ3n) is 6.27. The highest BCUT2D eigenvalue weighted by Crippen LogP contribution is 2.41. The zero-order chi connectivity index (χ0) is 20.7. The Morgan fingerprint density at radius 2 is 1.77 bits per heavy atom. The summed E-state index contributed by atoms with van der Waals surface area (Å²) in [4.78, 5) is 33.9. The minimum absolute atomic E-state index is 0.0405. The molecule has 0 N–H and O–H groups in total. The maximum absolute atomic E-state index is 13.4. The lowest BCUT2D eigenvalue weighted by atomic mass is 9.90. The van der Waals surface area contributed by atoms with Crippen molar-refractivity contribution in [1.82, 2.24) is 14.8 Å². The van der Waals surface area contributed by atoms with Crippen LogP contribution in [0.4, 0.5) is 0 Å². The van der Waals surface area contributed by atoms with Gasteiger partial charge in [-0.25, -0.2) is 0 Å². The van der Waals surface area contributed by atoms with Gasteiger partial charge < -0.3 is 19.3 Å². The molecule has 0 bridgehead atoms. The maximum Gasteiger partial charge on any atom is 0.254 e. The lowest BCUT2D eigenvalue weighted by molar-refractivity contribution is -0.172. The van der Waals surface area contributed by atoms with Gasteiger partial charge in [0.15, 0.2) is 6.10 Å². The number of amides is 2. The predicted molar refractivity (Wildman–Crippen MR) is 109 cm³/mol. The summed E-state index contributed by atoms with van der Waals surface area (Å²) < 4.78 is 11.1. The van der Waals surface area contributed by atoms with E-state index in [4.69, 9.17) is 9.47 Å². The first kappa shape index (κ1) is 19.1. The number of aromatic nitrogens is 1. The van der Waals surface area contributed by atoms with Crippen LogP contribution in [0.3, 0.4) is 0 Å². The Balaban J connectivity index is 1.38. The first-order valence-corrected chi connectivity index (χ1v) is 10.4. The molecule has 0 spiro atoms. The number of benzene rings is 1. The van der Waals surface area contributed by atoms with Crippen molar-refractivity contribution in [2.45, 2.75) is 36.9 Å². The highest BCUT2D eigenvalue weighted by atomic mass is 16.5. The van der Waals surface area contributed by atoms with E-state index in [0.717, 1.165) is 24.2 Å². The van der Waals surface area contributed by atoms with Gasteiger partial charge in [-0.3, -0.25) is 14.6 Å². The normalized spacial score (nSPS) is 24.5. The molecule has 1 aliphatic carbocycles. The average Bonchev–Trinajstić information content (AvgIpc) is 3.58. The van der Waals surface area contributed by atoms with Crippen molar-refractivity contribution in [3.05, 3.63) is 59.9 Å². The number of carbonyl (C=O) groups excluding carboxylic acids is 2. The molecule has 3 fully saturated rings. The summed E-state index contributed by atoms with van der Waals surface area (Å²) in [5, 5.41) is 0. The molecule has 2 aliphatic heterocycles. The standard InChI is InChI=1S/C23H25N3O4/c1-29-19-6-2-16(3-7-19)21-22(30-14-20(27)26(21)18-4-5-18)23(28)25-12-17(13-25)15-8-10-24-11-9-15/h2-3,6-11,17-18,21-22H,4-5,12-14H2,1H3/t21-,22+/m1/s1. The second-order valence-electron chi connectivity index (χ2n) is 8.20.